The number of aromatic nitrogens is 1. The Kier molecular flexibility index (Phi) is 1.94. The van der Waals surface area contributed by atoms with Crippen LogP contribution >= 0.6 is 11.3 Å². The van der Waals surface area contributed by atoms with Crippen LogP contribution in [0.25, 0.3) is 32.9 Å². The average Bonchev–Trinajstić information content (AvgIpc) is 2.77. The molecule has 0 aliphatic carbocycles. The minimum absolute atomic E-state index is 0.200. The van der Waals surface area contributed by atoms with Crippen molar-refractivity contribution in [3.63, 3.8) is 0 Å². The smallest absolute Gasteiger partial charge is 0.123 e. The highest BCUT2D eigenvalue weighted by Gasteiger charge is 2.13. The molecule has 18 heavy (non-hydrogen) atoms. The third kappa shape index (κ3) is 1.28. The molecule has 0 bridgehead atoms. The van der Waals surface area contributed by atoms with Crippen LogP contribution < -0.4 is 0 Å². The molecule has 0 aromatic heterocycles. The molecule has 0 radical (unpaired) electrons. The highest BCUT2D eigenvalue weighted by atomic mass is 32.1. The molecule has 3 heteroatoms. The van der Waals surface area contributed by atoms with Crippen LogP contribution in [-0.2, 0) is 0 Å². The van der Waals surface area contributed by atoms with E-state index in [4.69, 9.17) is 0 Å². The number of hydrogen-bond donors (Lipinski definition) is 0. The summed E-state index contributed by atoms with van der Waals surface area (Å²) in [5.74, 6) is -0.200. The first-order valence-electron chi connectivity index (χ1n) is 5.67. The van der Waals surface area contributed by atoms with E-state index < -0.39 is 0 Å². The van der Waals surface area contributed by atoms with Crippen molar-refractivity contribution in [3.8, 4) is 11.3 Å². The van der Waals surface area contributed by atoms with E-state index in [0.717, 1.165) is 32.9 Å². The fourth-order valence-corrected chi connectivity index (χ4v) is 3.10. The molecule has 0 atom stereocenters. The van der Waals surface area contributed by atoms with E-state index in [0.29, 0.717) is 0 Å². The molecule has 4 rings (SSSR count). The van der Waals surface area contributed by atoms with E-state index in [1.807, 2.05) is 29.6 Å². The van der Waals surface area contributed by atoms with Gasteiger partial charge in [0.25, 0.3) is 0 Å². The maximum absolute atomic E-state index is 13.3. The van der Waals surface area contributed by atoms with Crippen LogP contribution in [-0.4, -0.2) is 4.98 Å². The summed E-state index contributed by atoms with van der Waals surface area (Å²) in [6.45, 7) is 0. The Bertz CT molecular complexity index is 850. The molecule has 2 aliphatic rings. The third-order valence-electron chi connectivity index (χ3n) is 3.24. The van der Waals surface area contributed by atoms with Gasteiger partial charge in [-0.3, -0.25) is 0 Å². The molecule has 0 saturated heterocycles. The summed E-state index contributed by atoms with van der Waals surface area (Å²) in [6.07, 6.45) is 0. The molecule has 2 aliphatic heterocycles. The second-order valence-electron chi connectivity index (χ2n) is 4.29. The molecular formula is C15H8FNS. The molecule has 2 aromatic carbocycles. The van der Waals surface area contributed by atoms with E-state index in [-0.39, 0.29) is 5.82 Å². The summed E-state index contributed by atoms with van der Waals surface area (Å²) in [4.78, 5) is 4.60. The molecule has 2 heterocycles. The van der Waals surface area contributed by atoms with Crippen molar-refractivity contribution < 1.29 is 4.39 Å². The predicted molar refractivity (Wildman–Crippen MR) is 73.7 cm³/mol. The van der Waals surface area contributed by atoms with E-state index in [1.165, 1.54) is 6.07 Å². The zero-order chi connectivity index (χ0) is 12.1. The van der Waals surface area contributed by atoms with E-state index in [9.17, 15) is 4.39 Å². The van der Waals surface area contributed by atoms with Crippen LogP contribution in [0.15, 0.2) is 47.2 Å². The molecule has 0 saturated carbocycles. The van der Waals surface area contributed by atoms with Crippen LogP contribution in [0.1, 0.15) is 0 Å². The summed E-state index contributed by atoms with van der Waals surface area (Å²) in [5, 5.41) is 7.24. The SMILES string of the molecule is Fc1ccc2c(ccc3nc4ccscc-4c32)c1. The van der Waals surface area contributed by atoms with Gasteiger partial charge in [-0.05, 0) is 40.4 Å². The van der Waals surface area contributed by atoms with Gasteiger partial charge in [-0.1, -0.05) is 12.1 Å². The van der Waals surface area contributed by atoms with Crippen LogP contribution in [0.3, 0.4) is 0 Å². The van der Waals surface area contributed by atoms with Gasteiger partial charge >= 0.3 is 0 Å². The number of benzene rings is 2. The lowest BCUT2D eigenvalue weighted by Gasteiger charge is -2.01. The van der Waals surface area contributed by atoms with Gasteiger partial charge in [-0.25, -0.2) is 9.37 Å². The monoisotopic (exact) mass is 253 g/mol. The number of rotatable bonds is 0. The molecule has 0 fully saturated rings. The van der Waals surface area contributed by atoms with Crippen molar-refractivity contribution in [1.82, 2.24) is 4.98 Å². The molecule has 2 aromatic rings. The van der Waals surface area contributed by atoms with Crippen molar-refractivity contribution in [3.05, 3.63) is 53.0 Å². The van der Waals surface area contributed by atoms with Crippen molar-refractivity contribution in [1.29, 1.82) is 0 Å². The summed E-state index contributed by atoms with van der Waals surface area (Å²) in [6, 6.07) is 10.8. The van der Waals surface area contributed by atoms with Crippen molar-refractivity contribution >= 4 is 33.0 Å². The highest BCUT2D eigenvalue weighted by Crippen LogP contribution is 2.36. The fourth-order valence-electron chi connectivity index (χ4n) is 2.44. The van der Waals surface area contributed by atoms with Crippen LogP contribution in [0.5, 0.6) is 0 Å². The summed E-state index contributed by atoms with van der Waals surface area (Å²) in [5.41, 5.74) is 3.12. The Balaban J connectivity index is 2.27. The Hall–Kier alpha value is -2.00. The van der Waals surface area contributed by atoms with Crippen molar-refractivity contribution in [2.24, 2.45) is 0 Å². The summed E-state index contributed by atoms with van der Waals surface area (Å²) >= 11 is 1.65. The molecule has 86 valence electrons. The van der Waals surface area contributed by atoms with Gasteiger partial charge in [0.1, 0.15) is 5.82 Å². The minimum Gasteiger partial charge on any atom is -0.248 e. The number of nitrogens with zero attached hydrogens (tertiary/aromatic N) is 1. The van der Waals surface area contributed by atoms with Gasteiger partial charge < -0.3 is 0 Å². The Morgan fingerprint density at radius 3 is 2.94 bits per heavy atom. The second kappa shape index (κ2) is 3.50. The highest BCUT2D eigenvalue weighted by molar-refractivity contribution is 7.08. The lowest BCUT2D eigenvalue weighted by Crippen LogP contribution is -1.78. The van der Waals surface area contributed by atoms with Gasteiger partial charge in [0.2, 0.25) is 0 Å². The normalized spacial score (nSPS) is 11.6. The first kappa shape index (κ1) is 9.97. The largest absolute Gasteiger partial charge is 0.248 e. The zero-order valence-electron chi connectivity index (χ0n) is 9.35. The van der Waals surface area contributed by atoms with Crippen LogP contribution in [0.2, 0.25) is 0 Å². The number of fused-ring (bicyclic) bond motifs is 5. The molecule has 0 amide bonds. The molecule has 0 spiro atoms. The van der Waals surface area contributed by atoms with Crippen LogP contribution in [0.4, 0.5) is 4.39 Å². The van der Waals surface area contributed by atoms with Crippen molar-refractivity contribution in [2.45, 2.75) is 0 Å². The van der Waals surface area contributed by atoms with Crippen molar-refractivity contribution in [2.75, 3.05) is 0 Å². The zero-order valence-corrected chi connectivity index (χ0v) is 10.2. The lowest BCUT2D eigenvalue weighted by molar-refractivity contribution is 0.630. The summed E-state index contributed by atoms with van der Waals surface area (Å²) < 4.78 is 13.3. The number of halogens is 1. The van der Waals surface area contributed by atoms with Gasteiger partial charge in [-0.2, -0.15) is 11.3 Å². The predicted octanol–water partition coefficient (Wildman–Crippen LogP) is 4.69. The molecular weight excluding hydrogens is 245 g/mol. The Morgan fingerprint density at radius 1 is 1.06 bits per heavy atom. The van der Waals surface area contributed by atoms with Gasteiger partial charge in [0, 0.05) is 16.3 Å². The van der Waals surface area contributed by atoms with Crippen LogP contribution in [0, 0.1) is 5.82 Å². The topological polar surface area (TPSA) is 12.9 Å². The maximum Gasteiger partial charge on any atom is 0.123 e. The second-order valence-corrected chi connectivity index (χ2v) is 5.07. The fraction of sp³-hybridized carbons (Fsp3) is 0. The molecule has 0 N–H and O–H groups in total. The lowest BCUT2D eigenvalue weighted by atomic mass is 10.0. The Morgan fingerprint density at radius 2 is 2.00 bits per heavy atom. The standard InChI is InChI=1S/C15H8FNS/c16-10-2-3-11-9(7-10)1-4-14-15(11)12-8-18-6-5-13(12)17-14/h1-8H. The molecule has 0 unspecified atom stereocenters. The first-order chi connectivity index (χ1) is 8.83. The average molecular weight is 253 g/mol. The van der Waals surface area contributed by atoms with Gasteiger partial charge in [0.15, 0.2) is 0 Å². The first-order valence-corrected chi connectivity index (χ1v) is 6.61. The Labute approximate surface area is 107 Å². The summed E-state index contributed by atoms with van der Waals surface area (Å²) in [7, 11) is 0. The maximum atomic E-state index is 13.3. The van der Waals surface area contributed by atoms with E-state index in [1.54, 1.807) is 17.4 Å². The van der Waals surface area contributed by atoms with E-state index >= 15 is 0 Å². The number of hydrogen-bond acceptors (Lipinski definition) is 2. The van der Waals surface area contributed by atoms with Gasteiger partial charge in [-0.15, -0.1) is 0 Å². The van der Waals surface area contributed by atoms with E-state index in [2.05, 4.69) is 10.4 Å². The third-order valence-corrected chi connectivity index (χ3v) is 3.90. The van der Waals surface area contributed by atoms with Gasteiger partial charge in [0.05, 0.1) is 11.2 Å². The quantitative estimate of drug-likeness (QED) is 0.443. The minimum atomic E-state index is -0.200. The molecule has 1 nitrogen and oxygen atoms in total.